The molecule has 1 amide bonds. The zero-order valence-electron chi connectivity index (χ0n) is 13.8. The third-order valence-electron chi connectivity index (χ3n) is 3.73. The van der Waals surface area contributed by atoms with Crippen LogP contribution < -0.4 is 14.2 Å². The molecule has 0 bridgehead atoms. The second-order valence-corrected chi connectivity index (χ2v) is 5.76. The Hall–Kier alpha value is -2.90. The Morgan fingerprint density at radius 2 is 1.81 bits per heavy atom. The summed E-state index contributed by atoms with van der Waals surface area (Å²) in [6.45, 7) is 0.570. The van der Waals surface area contributed by atoms with Crippen molar-refractivity contribution in [3.05, 3.63) is 54.1 Å². The maximum absolute atomic E-state index is 12.4. The smallest absolute Gasteiger partial charge is 0.486 e. The van der Waals surface area contributed by atoms with Crippen LogP contribution in [-0.4, -0.2) is 43.5 Å². The molecule has 1 atom stereocenters. The Morgan fingerprint density at radius 1 is 1.15 bits per heavy atom. The summed E-state index contributed by atoms with van der Waals surface area (Å²) in [5.74, 6) is 0.541. The summed E-state index contributed by atoms with van der Waals surface area (Å²) in [5, 5.41) is 0. The van der Waals surface area contributed by atoms with Crippen molar-refractivity contribution in [2.24, 2.45) is 0 Å². The number of hydrogen-bond donors (Lipinski definition) is 0. The first kappa shape index (κ1) is 17.9. The van der Waals surface area contributed by atoms with Gasteiger partial charge in [0, 0.05) is 12.6 Å². The molecule has 3 rings (SSSR count). The topological polar surface area (TPSA) is 48.0 Å². The number of ether oxygens (including phenoxy) is 3. The van der Waals surface area contributed by atoms with Crippen LogP contribution in [0, 0.1) is 0 Å². The van der Waals surface area contributed by atoms with E-state index >= 15 is 0 Å². The van der Waals surface area contributed by atoms with Gasteiger partial charge in [-0.2, -0.15) is 0 Å². The minimum atomic E-state index is -4.77. The fourth-order valence-corrected chi connectivity index (χ4v) is 2.56. The Labute approximate surface area is 147 Å². The number of carbonyl (C=O) groups excluding carboxylic acids is 1. The van der Waals surface area contributed by atoms with Crippen LogP contribution in [0.25, 0.3) is 0 Å². The molecule has 0 aromatic heterocycles. The SMILES string of the molecule is CN(CC1COc2ccccc2O1)C(=O)c1ccc(OC(F)(F)F)cc1. The first-order valence-corrected chi connectivity index (χ1v) is 7.81. The molecule has 26 heavy (non-hydrogen) atoms. The normalized spacial score (nSPS) is 16.1. The number of benzene rings is 2. The fraction of sp³-hybridized carbons (Fsp3) is 0.278. The predicted molar refractivity (Wildman–Crippen MR) is 86.4 cm³/mol. The van der Waals surface area contributed by atoms with Gasteiger partial charge in [-0.3, -0.25) is 4.79 Å². The lowest BCUT2D eigenvalue weighted by molar-refractivity contribution is -0.274. The molecule has 0 saturated carbocycles. The van der Waals surface area contributed by atoms with Gasteiger partial charge in [0.1, 0.15) is 12.4 Å². The summed E-state index contributed by atoms with van der Waals surface area (Å²) in [4.78, 5) is 13.9. The fourth-order valence-electron chi connectivity index (χ4n) is 2.56. The van der Waals surface area contributed by atoms with Crippen molar-refractivity contribution in [3.63, 3.8) is 0 Å². The Bertz CT molecular complexity index is 777. The monoisotopic (exact) mass is 367 g/mol. The quantitative estimate of drug-likeness (QED) is 0.830. The Kier molecular flexibility index (Phi) is 4.92. The molecule has 8 heteroatoms. The van der Waals surface area contributed by atoms with Gasteiger partial charge in [0.2, 0.25) is 0 Å². The molecule has 138 valence electrons. The number of amides is 1. The molecule has 1 heterocycles. The van der Waals surface area contributed by atoms with E-state index in [4.69, 9.17) is 9.47 Å². The van der Waals surface area contributed by atoms with Crippen molar-refractivity contribution in [2.75, 3.05) is 20.2 Å². The van der Waals surface area contributed by atoms with Gasteiger partial charge in [-0.1, -0.05) is 12.1 Å². The van der Waals surface area contributed by atoms with E-state index in [0.717, 1.165) is 12.1 Å². The average molecular weight is 367 g/mol. The minimum Gasteiger partial charge on any atom is -0.486 e. The number of halogens is 3. The Morgan fingerprint density at radius 3 is 2.46 bits per heavy atom. The Balaban J connectivity index is 1.60. The van der Waals surface area contributed by atoms with Crippen LogP contribution in [-0.2, 0) is 0 Å². The third kappa shape index (κ3) is 4.38. The van der Waals surface area contributed by atoms with Crippen molar-refractivity contribution in [3.8, 4) is 17.2 Å². The van der Waals surface area contributed by atoms with Gasteiger partial charge >= 0.3 is 6.36 Å². The van der Waals surface area contributed by atoms with E-state index in [9.17, 15) is 18.0 Å². The zero-order valence-corrected chi connectivity index (χ0v) is 13.8. The van der Waals surface area contributed by atoms with E-state index in [1.54, 1.807) is 19.2 Å². The summed E-state index contributed by atoms with van der Waals surface area (Å²) in [6.07, 6.45) is -5.11. The maximum Gasteiger partial charge on any atom is 0.573 e. The number of rotatable bonds is 4. The highest BCUT2D eigenvalue weighted by molar-refractivity contribution is 5.94. The minimum absolute atomic E-state index is 0.249. The number of fused-ring (bicyclic) bond motifs is 1. The summed E-state index contributed by atoms with van der Waals surface area (Å²) >= 11 is 0. The summed E-state index contributed by atoms with van der Waals surface area (Å²) < 4.78 is 51.7. The lowest BCUT2D eigenvalue weighted by Gasteiger charge is -2.29. The van der Waals surface area contributed by atoms with E-state index in [2.05, 4.69) is 4.74 Å². The van der Waals surface area contributed by atoms with E-state index < -0.39 is 6.36 Å². The molecule has 0 radical (unpaired) electrons. The first-order chi connectivity index (χ1) is 12.3. The molecular formula is C18H16F3NO4. The summed E-state index contributed by atoms with van der Waals surface area (Å²) in [7, 11) is 1.59. The van der Waals surface area contributed by atoms with Crippen LogP contribution in [0.1, 0.15) is 10.4 Å². The number of likely N-dealkylation sites (N-methyl/N-ethyl adjacent to an activating group) is 1. The van der Waals surface area contributed by atoms with Crippen molar-refractivity contribution in [2.45, 2.75) is 12.5 Å². The molecule has 1 aliphatic rings. The van der Waals surface area contributed by atoms with Crippen LogP contribution in [0.15, 0.2) is 48.5 Å². The van der Waals surface area contributed by atoms with Crippen LogP contribution in [0.2, 0.25) is 0 Å². The highest BCUT2D eigenvalue weighted by Gasteiger charge is 2.31. The summed E-state index contributed by atoms with van der Waals surface area (Å²) in [6, 6.07) is 12.0. The molecule has 0 saturated heterocycles. The van der Waals surface area contributed by atoms with Crippen molar-refractivity contribution < 1.29 is 32.2 Å². The van der Waals surface area contributed by atoms with Crippen molar-refractivity contribution in [1.82, 2.24) is 4.90 Å². The first-order valence-electron chi connectivity index (χ1n) is 7.81. The van der Waals surface area contributed by atoms with Crippen LogP contribution in [0.4, 0.5) is 13.2 Å². The predicted octanol–water partition coefficient (Wildman–Crippen LogP) is 3.50. The van der Waals surface area contributed by atoms with Crippen molar-refractivity contribution in [1.29, 1.82) is 0 Å². The van der Waals surface area contributed by atoms with Gasteiger partial charge in [0.05, 0.1) is 6.54 Å². The van der Waals surface area contributed by atoms with E-state index in [-0.39, 0.29) is 29.9 Å². The van der Waals surface area contributed by atoms with E-state index in [1.807, 2.05) is 12.1 Å². The van der Waals surface area contributed by atoms with Gasteiger partial charge in [0.25, 0.3) is 5.91 Å². The molecule has 2 aromatic rings. The van der Waals surface area contributed by atoms with E-state index in [0.29, 0.717) is 18.1 Å². The molecule has 0 spiro atoms. The third-order valence-corrected chi connectivity index (χ3v) is 3.73. The van der Waals surface area contributed by atoms with Gasteiger partial charge in [-0.05, 0) is 36.4 Å². The number of alkyl halides is 3. The molecule has 0 fully saturated rings. The molecule has 0 aliphatic carbocycles. The standard InChI is InChI=1S/C18H16F3NO4/c1-22(10-14-11-24-15-4-2-3-5-16(15)25-14)17(23)12-6-8-13(9-7-12)26-18(19,20)21/h2-9,14H,10-11H2,1H3. The molecule has 1 unspecified atom stereocenters. The van der Waals surface area contributed by atoms with Crippen LogP contribution in [0.5, 0.6) is 17.2 Å². The number of hydrogen-bond acceptors (Lipinski definition) is 4. The van der Waals surface area contributed by atoms with Gasteiger partial charge in [0.15, 0.2) is 17.6 Å². The molecule has 2 aromatic carbocycles. The number of nitrogens with zero attached hydrogens (tertiary/aromatic N) is 1. The van der Waals surface area contributed by atoms with Crippen molar-refractivity contribution >= 4 is 5.91 Å². The van der Waals surface area contributed by atoms with Crippen LogP contribution in [0.3, 0.4) is 0 Å². The van der Waals surface area contributed by atoms with E-state index in [1.165, 1.54) is 17.0 Å². The second kappa shape index (κ2) is 7.15. The molecule has 0 N–H and O–H groups in total. The maximum atomic E-state index is 12.4. The highest BCUT2D eigenvalue weighted by atomic mass is 19.4. The lowest BCUT2D eigenvalue weighted by atomic mass is 10.2. The highest BCUT2D eigenvalue weighted by Crippen LogP contribution is 2.31. The molecule has 5 nitrogen and oxygen atoms in total. The molecule has 1 aliphatic heterocycles. The summed E-state index contributed by atoms with van der Waals surface area (Å²) in [5.41, 5.74) is 0.249. The zero-order chi connectivity index (χ0) is 18.7. The number of para-hydroxylation sites is 2. The average Bonchev–Trinajstić information content (AvgIpc) is 2.60. The van der Waals surface area contributed by atoms with Gasteiger partial charge in [-0.25, -0.2) is 0 Å². The van der Waals surface area contributed by atoms with Crippen LogP contribution >= 0.6 is 0 Å². The van der Waals surface area contributed by atoms with Gasteiger partial charge < -0.3 is 19.1 Å². The van der Waals surface area contributed by atoms with Gasteiger partial charge in [-0.15, -0.1) is 13.2 Å². The number of carbonyl (C=O) groups is 1. The molecular weight excluding hydrogens is 351 g/mol. The lowest BCUT2D eigenvalue weighted by Crippen LogP contribution is -2.41. The second-order valence-electron chi connectivity index (χ2n) is 5.76. The largest absolute Gasteiger partial charge is 0.573 e.